The van der Waals surface area contributed by atoms with Crippen molar-refractivity contribution in [2.75, 3.05) is 12.1 Å². The molecule has 3 aromatic carbocycles. The van der Waals surface area contributed by atoms with Crippen LogP contribution < -0.4 is 14.5 Å². The molecular formula is C25H20BrIN2O3. The van der Waals surface area contributed by atoms with Gasteiger partial charge in [0.2, 0.25) is 0 Å². The number of hydrogen-bond donors (Lipinski definition) is 0. The largest absolute Gasteiger partial charge is 0.493 e. The second kappa shape index (κ2) is 9.87. The third kappa shape index (κ3) is 4.88. The molecule has 5 nitrogen and oxygen atoms in total. The summed E-state index contributed by atoms with van der Waals surface area (Å²) in [5.74, 6) is 1.04. The van der Waals surface area contributed by atoms with E-state index in [2.05, 4.69) is 43.6 Å². The van der Waals surface area contributed by atoms with Crippen LogP contribution in [0.1, 0.15) is 18.1 Å². The minimum atomic E-state index is -0.168. The second-order valence-corrected chi connectivity index (χ2v) is 9.24. The molecule has 7 heteroatoms. The number of benzene rings is 3. The van der Waals surface area contributed by atoms with Gasteiger partial charge in [-0.25, -0.2) is 0 Å². The molecule has 0 fully saturated rings. The molecule has 0 aromatic heterocycles. The molecule has 0 N–H and O–H groups in total. The minimum Gasteiger partial charge on any atom is -0.493 e. The van der Waals surface area contributed by atoms with Crippen LogP contribution in [0.2, 0.25) is 0 Å². The average molecular weight is 603 g/mol. The summed E-state index contributed by atoms with van der Waals surface area (Å²) in [6.07, 6.45) is 1.82. The number of ether oxygens (including phenoxy) is 2. The lowest BCUT2D eigenvalue weighted by Crippen LogP contribution is -2.21. The molecule has 0 spiro atoms. The molecule has 0 aliphatic carbocycles. The molecule has 0 radical (unpaired) electrons. The van der Waals surface area contributed by atoms with Gasteiger partial charge in [0.15, 0.2) is 11.5 Å². The van der Waals surface area contributed by atoms with E-state index >= 15 is 0 Å². The van der Waals surface area contributed by atoms with Gasteiger partial charge in [-0.05, 0) is 83.1 Å². The van der Waals surface area contributed by atoms with E-state index < -0.39 is 0 Å². The van der Waals surface area contributed by atoms with E-state index in [4.69, 9.17) is 9.47 Å². The molecule has 1 heterocycles. The number of hydrazone groups is 1. The van der Waals surface area contributed by atoms with Crippen LogP contribution in [0.3, 0.4) is 0 Å². The van der Waals surface area contributed by atoms with E-state index in [1.54, 1.807) is 7.11 Å². The normalized spacial score (nSPS) is 14.6. The van der Waals surface area contributed by atoms with E-state index in [-0.39, 0.29) is 5.91 Å². The Bertz CT molecular complexity index is 1210. The van der Waals surface area contributed by atoms with Crippen LogP contribution in [0.4, 0.5) is 5.69 Å². The maximum Gasteiger partial charge on any atom is 0.280 e. The first-order valence-electron chi connectivity index (χ1n) is 9.88. The Morgan fingerprint density at radius 2 is 1.78 bits per heavy atom. The number of rotatable bonds is 6. The Morgan fingerprint density at radius 1 is 1.06 bits per heavy atom. The van der Waals surface area contributed by atoms with Crippen LogP contribution in [0, 0.1) is 3.57 Å². The standard InChI is InChI=1S/C25H20BrIN2O3/c1-16-21(25(30)29(28-16)20-6-4-3-5-7-20)12-18-13-23(31-2)24(14-22(18)26)32-15-17-8-10-19(27)11-9-17/h3-14H,15H2,1-2H3/b21-12+. The van der Waals surface area contributed by atoms with Gasteiger partial charge in [0.1, 0.15) is 6.61 Å². The SMILES string of the molecule is COc1cc(/C=C2/C(=O)N(c3ccccc3)N=C2C)c(Br)cc1OCc1ccc(I)cc1. The van der Waals surface area contributed by atoms with Gasteiger partial charge in [0.05, 0.1) is 24.1 Å². The van der Waals surface area contributed by atoms with Gasteiger partial charge < -0.3 is 9.47 Å². The quantitative estimate of drug-likeness (QED) is 0.241. The maximum atomic E-state index is 13.0. The van der Waals surface area contributed by atoms with Crippen molar-refractivity contribution in [2.45, 2.75) is 13.5 Å². The fourth-order valence-electron chi connectivity index (χ4n) is 3.26. The zero-order valence-corrected chi connectivity index (χ0v) is 21.3. The summed E-state index contributed by atoms with van der Waals surface area (Å²) in [6.45, 7) is 2.26. The average Bonchev–Trinajstić information content (AvgIpc) is 3.09. The fraction of sp³-hybridized carbons (Fsp3) is 0.120. The topological polar surface area (TPSA) is 51.1 Å². The van der Waals surface area contributed by atoms with Gasteiger partial charge in [0.25, 0.3) is 5.91 Å². The number of methoxy groups -OCH3 is 1. The zero-order valence-electron chi connectivity index (χ0n) is 17.5. The van der Waals surface area contributed by atoms with Crippen molar-refractivity contribution in [3.05, 3.63) is 91.5 Å². The Hall–Kier alpha value is -2.65. The highest BCUT2D eigenvalue weighted by Gasteiger charge is 2.29. The van der Waals surface area contributed by atoms with Crippen LogP contribution in [0.15, 0.2) is 81.9 Å². The number of anilines is 1. The summed E-state index contributed by atoms with van der Waals surface area (Å²) in [6, 6.07) is 21.3. The molecule has 4 rings (SSSR count). The third-order valence-electron chi connectivity index (χ3n) is 4.95. The number of nitrogens with zero attached hydrogens (tertiary/aromatic N) is 2. The van der Waals surface area contributed by atoms with Gasteiger partial charge in [-0.3, -0.25) is 4.79 Å². The van der Waals surface area contributed by atoms with Crippen molar-refractivity contribution in [1.29, 1.82) is 0 Å². The first-order chi connectivity index (χ1) is 15.5. The molecule has 3 aromatic rings. The highest BCUT2D eigenvalue weighted by Crippen LogP contribution is 2.36. The molecule has 0 saturated carbocycles. The predicted molar refractivity (Wildman–Crippen MR) is 139 cm³/mol. The second-order valence-electron chi connectivity index (χ2n) is 7.14. The number of carbonyl (C=O) groups excluding carboxylic acids is 1. The molecule has 1 aliphatic rings. The zero-order chi connectivity index (χ0) is 22.7. The molecular weight excluding hydrogens is 583 g/mol. The smallest absolute Gasteiger partial charge is 0.280 e. The molecule has 162 valence electrons. The highest BCUT2D eigenvalue weighted by molar-refractivity contribution is 14.1. The number of carbonyl (C=O) groups is 1. The van der Waals surface area contributed by atoms with Crippen LogP contribution in [0.25, 0.3) is 6.08 Å². The minimum absolute atomic E-state index is 0.168. The van der Waals surface area contributed by atoms with Gasteiger partial charge >= 0.3 is 0 Å². The van der Waals surface area contributed by atoms with Gasteiger partial charge in [-0.2, -0.15) is 10.1 Å². The van der Waals surface area contributed by atoms with Crippen LogP contribution >= 0.6 is 38.5 Å². The van der Waals surface area contributed by atoms with Crippen molar-refractivity contribution in [2.24, 2.45) is 5.10 Å². The molecule has 0 atom stereocenters. The summed E-state index contributed by atoms with van der Waals surface area (Å²) < 4.78 is 13.5. The lowest BCUT2D eigenvalue weighted by atomic mass is 10.1. The monoisotopic (exact) mass is 602 g/mol. The number of amides is 1. The summed E-state index contributed by atoms with van der Waals surface area (Å²) >= 11 is 5.88. The van der Waals surface area contributed by atoms with E-state index in [1.807, 2.05) is 79.7 Å². The van der Waals surface area contributed by atoms with Crippen molar-refractivity contribution in [3.8, 4) is 11.5 Å². The summed E-state index contributed by atoms with van der Waals surface area (Å²) in [4.78, 5) is 13.0. The van der Waals surface area contributed by atoms with Gasteiger partial charge in [-0.1, -0.05) is 46.3 Å². The Labute approximate surface area is 209 Å². The lowest BCUT2D eigenvalue weighted by Gasteiger charge is -2.14. The Morgan fingerprint density at radius 3 is 2.47 bits per heavy atom. The van der Waals surface area contributed by atoms with Gasteiger partial charge in [0, 0.05) is 8.04 Å². The summed E-state index contributed by atoms with van der Waals surface area (Å²) in [5.41, 5.74) is 3.79. The number of hydrogen-bond acceptors (Lipinski definition) is 4. The van der Waals surface area contributed by atoms with Crippen molar-refractivity contribution < 1.29 is 14.3 Å². The van der Waals surface area contributed by atoms with Crippen LogP contribution in [-0.2, 0) is 11.4 Å². The number of halogens is 2. The van der Waals surface area contributed by atoms with E-state index in [9.17, 15) is 4.79 Å². The molecule has 0 unspecified atom stereocenters. The fourth-order valence-corrected chi connectivity index (χ4v) is 4.06. The highest BCUT2D eigenvalue weighted by atomic mass is 127. The van der Waals surface area contributed by atoms with Gasteiger partial charge in [-0.15, -0.1) is 0 Å². The summed E-state index contributed by atoms with van der Waals surface area (Å²) in [7, 11) is 1.60. The molecule has 1 aliphatic heterocycles. The van der Waals surface area contributed by atoms with Crippen LogP contribution in [0.5, 0.6) is 11.5 Å². The third-order valence-corrected chi connectivity index (χ3v) is 6.36. The van der Waals surface area contributed by atoms with E-state index in [0.29, 0.717) is 29.4 Å². The summed E-state index contributed by atoms with van der Waals surface area (Å²) in [5, 5.41) is 5.86. The van der Waals surface area contributed by atoms with Crippen molar-refractivity contribution >= 4 is 61.9 Å². The molecule has 0 bridgehead atoms. The van der Waals surface area contributed by atoms with E-state index in [1.165, 1.54) is 8.58 Å². The number of para-hydroxylation sites is 1. The molecule has 1 amide bonds. The maximum absolute atomic E-state index is 13.0. The lowest BCUT2D eigenvalue weighted by molar-refractivity contribution is -0.114. The predicted octanol–water partition coefficient (Wildman–Crippen LogP) is 6.45. The molecule has 32 heavy (non-hydrogen) atoms. The molecule has 0 saturated heterocycles. The Balaban J connectivity index is 1.59. The first kappa shape index (κ1) is 22.5. The van der Waals surface area contributed by atoms with Crippen molar-refractivity contribution in [3.63, 3.8) is 0 Å². The Kier molecular flexibility index (Phi) is 6.95. The van der Waals surface area contributed by atoms with Crippen molar-refractivity contribution in [1.82, 2.24) is 0 Å². The first-order valence-corrected chi connectivity index (χ1v) is 11.7. The van der Waals surface area contributed by atoms with E-state index in [0.717, 1.165) is 21.3 Å². The van der Waals surface area contributed by atoms with Crippen LogP contribution in [-0.4, -0.2) is 18.7 Å².